The molecule has 1 amide bonds. The quantitative estimate of drug-likeness (QED) is 0.833. The van der Waals surface area contributed by atoms with Crippen LogP contribution < -0.4 is 5.32 Å². The molecular weight excluding hydrogens is 319 g/mol. The van der Waals surface area contributed by atoms with E-state index < -0.39 is 29.6 Å². The third kappa shape index (κ3) is 2.97. The Morgan fingerprint density at radius 3 is 2.05 bits per heavy atom. The minimum Gasteiger partial charge on any atom is -0.321 e. The summed E-state index contributed by atoms with van der Waals surface area (Å²) >= 11 is 5.44. The highest BCUT2D eigenvalue weighted by Gasteiger charge is 2.76. The minimum atomic E-state index is -6.57. The Labute approximate surface area is 112 Å². The van der Waals surface area contributed by atoms with Crippen molar-refractivity contribution in [3.63, 3.8) is 0 Å². The van der Waals surface area contributed by atoms with Crippen LogP contribution in [0.2, 0.25) is 5.02 Å². The van der Waals surface area contributed by atoms with Crippen molar-refractivity contribution < 1.29 is 35.5 Å². The molecule has 0 radical (unpaired) electrons. The largest absolute Gasteiger partial charge is 0.460 e. The molecule has 0 saturated carbocycles. The number of amides is 1. The number of carbonyl (C=O) groups excluding carboxylic acids is 1. The zero-order valence-corrected chi connectivity index (χ0v) is 10.00. The average molecular weight is 324 g/mol. The zero-order chi connectivity index (χ0) is 15.8. The molecule has 0 aliphatic carbocycles. The minimum absolute atomic E-state index is 0.0336. The Bertz CT molecular complexity index is 515. The van der Waals surface area contributed by atoms with Crippen LogP contribution in [0.25, 0.3) is 0 Å². The van der Waals surface area contributed by atoms with Crippen molar-refractivity contribution in [2.75, 3.05) is 5.32 Å². The lowest BCUT2D eigenvalue weighted by Gasteiger charge is -2.27. The van der Waals surface area contributed by atoms with Gasteiger partial charge in [0.05, 0.1) is 0 Å². The number of nitrogens with one attached hydrogen (secondary N) is 1. The van der Waals surface area contributed by atoms with Crippen LogP contribution in [0, 0.1) is 0 Å². The van der Waals surface area contributed by atoms with Crippen molar-refractivity contribution in [3.8, 4) is 0 Å². The smallest absolute Gasteiger partial charge is 0.321 e. The van der Waals surface area contributed by atoms with E-state index in [1.807, 2.05) is 0 Å². The lowest BCUT2D eigenvalue weighted by Crippen LogP contribution is -2.57. The molecule has 0 saturated heterocycles. The summed E-state index contributed by atoms with van der Waals surface area (Å²) in [5.41, 5.74) is -0.444. The van der Waals surface area contributed by atoms with Gasteiger partial charge in [0.2, 0.25) is 0 Å². The average Bonchev–Trinajstić information content (AvgIpc) is 2.27. The monoisotopic (exact) mass is 323 g/mol. The third-order valence-electron chi connectivity index (χ3n) is 2.12. The van der Waals surface area contributed by atoms with Crippen molar-refractivity contribution in [2.24, 2.45) is 0 Å². The molecule has 0 bridgehead atoms. The van der Waals surface area contributed by atoms with Crippen molar-refractivity contribution in [1.82, 2.24) is 0 Å². The van der Waals surface area contributed by atoms with Crippen molar-refractivity contribution in [2.45, 2.75) is 18.0 Å². The molecule has 0 aromatic heterocycles. The maximum atomic E-state index is 13.0. The van der Waals surface area contributed by atoms with E-state index in [4.69, 9.17) is 11.6 Å². The van der Waals surface area contributed by atoms with Gasteiger partial charge >= 0.3 is 23.9 Å². The summed E-state index contributed by atoms with van der Waals surface area (Å²) in [5.74, 6) is -15.3. The second-order valence-corrected chi connectivity index (χ2v) is 4.05. The molecule has 0 atom stereocenters. The Morgan fingerprint density at radius 1 is 1.05 bits per heavy atom. The van der Waals surface area contributed by atoms with E-state index in [9.17, 15) is 35.5 Å². The molecule has 20 heavy (non-hydrogen) atoms. The Morgan fingerprint density at radius 2 is 1.60 bits per heavy atom. The fourth-order valence-electron chi connectivity index (χ4n) is 1.10. The van der Waals surface area contributed by atoms with Crippen LogP contribution in [0.1, 0.15) is 0 Å². The van der Waals surface area contributed by atoms with E-state index in [1.54, 1.807) is 0 Å². The van der Waals surface area contributed by atoms with Gasteiger partial charge in [-0.25, -0.2) is 0 Å². The predicted octanol–water partition coefficient (Wildman–Crippen LogP) is 4.11. The first-order chi connectivity index (χ1) is 8.89. The molecule has 0 fully saturated rings. The van der Waals surface area contributed by atoms with E-state index in [-0.39, 0.29) is 5.02 Å². The highest BCUT2D eigenvalue weighted by atomic mass is 35.5. The number of rotatable bonds is 3. The molecule has 1 aromatic carbocycles. The number of hydrogen-bond acceptors (Lipinski definition) is 1. The van der Waals surface area contributed by atoms with Gasteiger partial charge in [0.15, 0.2) is 0 Å². The lowest BCUT2D eigenvalue weighted by molar-refractivity contribution is -0.343. The Kier molecular flexibility index (Phi) is 4.23. The first-order valence-electron chi connectivity index (χ1n) is 4.79. The summed E-state index contributed by atoms with van der Waals surface area (Å²) in [6, 6.07) is 4.35. The molecule has 0 spiro atoms. The molecule has 1 rings (SSSR count). The van der Waals surface area contributed by atoms with Crippen LogP contribution in [0.15, 0.2) is 24.3 Å². The molecule has 0 heterocycles. The van der Waals surface area contributed by atoms with Gasteiger partial charge in [0.25, 0.3) is 0 Å². The SMILES string of the molecule is O=C(Nc1cccc(Cl)c1)C(F)(F)C(F)(F)C(F)(F)F. The van der Waals surface area contributed by atoms with E-state index in [0.29, 0.717) is 0 Å². The Hall–Kier alpha value is -1.51. The second-order valence-electron chi connectivity index (χ2n) is 3.61. The van der Waals surface area contributed by atoms with Crippen LogP contribution in [0.5, 0.6) is 0 Å². The molecule has 0 aliphatic heterocycles. The molecule has 2 nitrogen and oxygen atoms in total. The summed E-state index contributed by atoms with van der Waals surface area (Å²) in [6.07, 6.45) is -6.57. The van der Waals surface area contributed by atoms with Gasteiger partial charge in [-0.15, -0.1) is 0 Å². The number of carbonyl (C=O) groups is 1. The summed E-state index contributed by atoms with van der Waals surface area (Å²) in [6.45, 7) is 0. The van der Waals surface area contributed by atoms with Crippen molar-refractivity contribution >= 4 is 23.2 Å². The summed E-state index contributed by atoms with van der Waals surface area (Å²) in [7, 11) is 0. The summed E-state index contributed by atoms with van der Waals surface area (Å²) in [5, 5.41) is 1.21. The molecule has 0 aliphatic rings. The molecule has 1 N–H and O–H groups in total. The molecule has 112 valence electrons. The molecular formula is C10H5ClF7NO. The fraction of sp³-hybridized carbons (Fsp3) is 0.300. The highest BCUT2D eigenvalue weighted by Crippen LogP contribution is 2.46. The normalized spacial score (nSPS) is 13.2. The van der Waals surface area contributed by atoms with E-state index in [0.717, 1.165) is 12.1 Å². The first-order valence-corrected chi connectivity index (χ1v) is 5.17. The highest BCUT2D eigenvalue weighted by molar-refractivity contribution is 6.30. The van der Waals surface area contributed by atoms with Gasteiger partial charge in [0.1, 0.15) is 0 Å². The van der Waals surface area contributed by atoms with Gasteiger partial charge in [-0.2, -0.15) is 30.7 Å². The van der Waals surface area contributed by atoms with Crippen LogP contribution in [0.3, 0.4) is 0 Å². The van der Waals surface area contributed by atoms with E-state index in [1.165, 1.54) is 17.4 Å². The zero-order valence-electron chi connectivity index (χ0n) is 9.24. The van der Waals surface area contributed by atoms with E-state index in [2.05, 4.69) is 0 Å². The summed E-state index contributed by atoms with van der Waals surface area (Å²) in [4.78, 5) is 11.0. The van der Waals surface area contributed by atoms with Crippen molar-refractivity contribution in [3.05, 3.63) is 29.3 Å². The molecule has 0 unspecified atom stereocenters. The fourth-order valence-corrected chi connectivity index (χ4v) is 1.29. The van der Waals surface area contributed by atoms with Crippen molar-refractivity contribution in [1.29, 1.82) is 0 Å². The Balaban J connectivity index is 3.01. The number of benzene rings is 1. The maximum absolute atomic E-state index is 13.0. The maximum Gasteiger partial charge on any atom is 0.460 e. The summed E-state index contributed by atoms with van der Waals surface area (Å²) < 4.78 is 86.7. The predicted molar refractivity (Wildman–Crippen MR) is 56.0 cm³/mol. The van der Waals surface area contributed by atoms with E-state index >= 15 is 0 Å². The number of alkyl halides is 7. The standard InChI is InChI=1S/C10H5ClF7NO/c11-5-2-1-3-6(4-5)19-7(20)8(12,13)9(14,15)10(16,17)18/h1-4H,(H,19,20). The number of halogens is 8. The van der Waals surface area contributed by atoms with Gasteiger partial charge in [0, 0.05) is 10.7 Å². The van der Waals surface area contributed by atoms with Gasteiger partial charge in [-0.1, -0.05) is 17.7 Å². The third-order valence-corrected chi connectivity index (χ3v) is 2.35. The van der Waals surface area contributed by atoms with Crippen LogP contribution in [-0.2, 0) is 4.79 Å². The second kappa shape index (κ2) is 5.12. The van der Waals surface area contributed by atoms with Crippen LogP contribution >= 0.6 is 11.6 Å². The van der Waals surface area contributed by atoms with Gasteiger partial charge < -0.3 is 5.32 Å². The molecule has 10 heteroatoms. The molecule has 1 aromatic rings. The van der Waals surface area contributed by atoms with Crippen LogP contribution in [0.4, 0.5) is 36.4 Å². The van der Waals surface area contributed by atoms with Crippen LogP contribution in [-0.4, -0.2) is 23.9 Å². The van der Waals surface area contributed by atoms with Gasteiger partial charge in [-0.3, -0.25) is 4.79 Å². The topological polar surface area (TPSA) is 29.1 Å². The van der Waals surface area contributed by atoms with Gasteiger partial charge in [-0.05, 0) is 18.2 Å². The first kappa shape index (κ1) is 16.5. The number of hydrogen-bond donors (Lipinski definition) is 1. The lowest BCUT2D eigenvalue weighted by atomic mass is 10.1. The number of anilines is 1.